The lowest BCUT2D eigenvalue weighted by Crippen LogP contribution is -2.41. The van der Waals surface area contributed by atoms with Crippen LogP contribution in [0.3, 0.4) is 0 Å². The highest BCUT2D eigenvalue weighted by molar-refractivity contribution is 6.30. The number of piperidine rings is 1. The largest absolute Gasteiger partial charge is 0.390 e. The first-order valence-electron chi connectivity index (χ1n) is 9.10. The summed E-state index contributed by atoms with van der Waals surface area (Å²) in [5.41, 5.74) is 0.852. The third-order valence-corrected chi connectivity index (χ3v) is 5.79. The first kappa shape index (κ1) is 18.2. The highest BCUT2D eigenvalue weighted by Gasteiger charge is 2.31. The van der Waals surface area contributed by atoms with Crippen molar-refractivity contribution in [3.05, 3.63) is 29.2 Å². The highest BCUT2D eigenvalue weighted by Crippen LogP contribution is 2.31. The van der Waals surface area contributed by atoms with Gasteiger partial charge in [-0.2, -0.15) is 0 Å². The molecule has 1 fully saturated rings. The van der Waals surface area contributed by atoms with Crippen molar-refractivity contribution < 1.29 is 9.90 Å². The topological polar surface area (TPSA) is 69.2 Å². The lowest BCUT2D eigenvalue weighted by molar-refractivity contribution is -0.00131. The van der Waals surface area contributed by atoms with E-state index in [0.29, 0.717) is 16.8 Å². The molecule has 2 aromatic heterocycles. The zero-order valence-corrected chi connectivity index (χ0v) is 15.6. The van der Waals surface area contributed by atoms with Crippen molar-refractivity contribution in [2.24, 2.45) is 5.92 Å². The summed E-state index contributed by atoms with van der Waals surface area (Å²) >= 11 is 5.90. The summed E-state index contributed by atoms with van der Waals surface area (Å²) in [5.74, 6) is 0.506. The van der Waals surface area contributed by atoms with E-state index in [4.69, 9.17) is 11.6 Å². The minimum atomic E-state index is -0.555. The maximum Gasteiger partial charge on any atom is 0.270 e. The van der Waals surface area contributed by atoms with Gasteiger partial charge in [-0.15, -0.1) is 0 Å². The smallest absolute Gasteiger partial charge is 0.270 e. The number of amides is 1. The number of aromatic nitrogens is 2. The highest BCUT2D eigenvalue weighted by atomic mass is 35.5. The Morgan fingerprint density at radius 3 is 2.68 bits per heavy atom. The molecule has 2 N–H and O–H groups in total. The maximum atomic E-state index is 12.8. The van der Waals surface area contributed by atoms with E-state index in [9.17, 15) is 9.90 Å². The summed E-state index contributed by atoms with van der Waals surface area (Å²) in [4.78, 5) is 21.8. The van der Waals surface area contributed by atoms with Gasteiger partial charge in [-0.05, 0) is 50.2 Å². The first-order chi connectivity index (χ1) is 11.9. The van der Waals surface area contributed by atoms with Crippen LogP contribution < -0.4 is 0 Å². The molecule has 2 aromatic rings. The van der Waals surface area contributed by atoms with E-state index < -0.39 is 5.60 Å². The second kappa shape index (κ2) is 7.34. The van der Waals surface area contributed by atoms with Crippen molar-refractivity contribution in [2.75, 3.05) is 13.1 Å². The SMILES string of the molecule is CCC(O)(CC)CC1CCN(C(=O)c2cc3cnc(Cl)cc3[nH]2)CC1. The third-order valence-electron chi connectivity index (χ3n) is 5.59. The normalized spacial score (nSPS) is 16.6. The summed E-state index contributed by atoms with van der Waals surface area (Å²) in [6.45, 7) is 5.56. The van der Waals surface area contributed by atoms with Crippen LogP contribution in [0.5, 0.6) is 0 Å². The van der Waals surface area contributed by atoms with Gasteiger partial charge in [-0.3, -0.25) is 4.79 Å². The van der Waals surface area contributed by atoms with Gasteiger partial charge in [0.15, 0.2) is 0 Å². The summed E-state index contributed by atoms with van der Waals surface area (Å²) in [7, 11) is 0. The number of H-pyrrole nitrogens is 1. The molecule has 0 aliphatic carbocycles. The van der Waals surface area contributed by atoms with Crippen molar-refractivity contribution in [1.82, 2.24) is 14.9 Å². The Morgan fingerprint density at radius 2 is 2.04 bits per heavy atom. The molecule has 0 radical (unpaired) electrons. The number of fused-ring (bicyclic) bond motifs is 1. The van der Waals surface area contributed by atoms with Gasteiger partial charge in [-0.1, -0.05) is 25.4 Å². The molecule has 0 aromatic carbocycles. The van der Waals surface area contributed by atoms with Gasteiger partial charge in [0.1, 0.15) is 10.8 Å². The Kier molecular flexibility index (Phi) is 5.35. The number of nitrogens with one attached hydrogen (secondary N) is 1. The van der Waals surface area contributed by atoms with Gasteiger partial charge in [0, 0.05) is 24.7 Å². The zero-order chi connectivity index (χ0) is 18.0. The quantitative estimate of drug-likeness (QED) is 0.788. The summed E-state index contributed by atoms with van der Waals surface area (Å²) in [6, 6.07) is 3.57. The first-order valence-corrected chi connectivity index (χ1v) is 9.48. The predicted octanol–water partition coefficient (Wildman–Crippen LogP) is 4.01. The maximum absolute atomic E-state index is 12.8. The number of halogens is 1. The molecule has 1 aliphatic rings. The van der Waals surface area contributed by atoms with Crippen molar-refractivity contribution in [3.63, 3.8) is 0 Å². The molecule has 3 rings (SSSR count). The number of rotatable bonds is 5. The fraction of sp³-hybridized carbons (Fsp3) is 0.579. The van der Waals surface area contributed by atoms with Gasteiger partial charge < -0.3 is 15.0 Å². The molecule has 1 aliphatic heterocycles. The molecular weight excluding hydrogens is 338 g/mol. The Morgan fingerprint density at radius 1 is 1.36 bits per heavy atom. The molecule has 3 heterocycles. The Labute approximate surface area is 153 Å². The van der Waals surface area contributed by atoms with Gasteiger partial charge in [0.2, 0.25) is 0 Å². The summed E-state index contributed by atoms with van der Waals surface area (Å²) < 4.78 is 0. The van der Waals surface area contributed by atoms with E-state index in [1.807, 2.05) is 24.8 Å². The summed E-state index contributed by atoms with van der Waals surface area (Å²) in [6.07, 6.45) is 5.97. The lowest BCUT2D eigenvalue weighted by atomic mass is 9.82. The molecule has 0 spiro atoms. The number of pyridine rings is 1. The number of hydrogen-bond donors (Lipinski definition) is 2. The van der Waals surface area contributed by atoms with Crippen LogP contribution in [0.2, 0.25) is 5.15 Å². The average Bonchev–Trinajstić information content (AvgIpc) is 3.04. The van der Waals surface area contributed by atoms with E-state index in [1.54, 1.807) is 12.3 Å². The van der Waals surface area contributed by atoms with Gasteiger partial charge in [-0.25, -0.2) is 4.98 Å². The van der Waals surface area contributed by atoms with Crippen LogP contribution in [0.1, 0.15) is 56.4 Å². The van der Waals surface area contributed by atoms with Crippen LogP contribution in [0.4, 0.5) is 0 Å². The predicted molar refractivity (Wildman–Crippen MR) is 99.9 cm³/mol. The van der Waals surface area contributed by atoms with Gasteiger partial charge >= 0.3 is 0 Å². The standard InChI is InChI=1S/C19H26ClN3O2/c1-3-19(25,4-2)11-13-5-7-23(8-6-13)18(24)16-9-14-12-21-17(20)10-15(14)22-16/h9-10,12-13,22,25H,3-8,11H2,1-2H3. The second-order valence-corrected chi connectivity index (χ2v) is 7.54. The molecule has 1 amide bonds. The van der Waals surface area contributed by atoms with Crippen molar-refractivity contribution in [2.45, 2.75) is 51.6 Å². The van der Waals surface area contributed by atoms with Gasteiger partial charge in [0.25, 0.3) is 5.91 Å². The molecule has 136 valence electrons. The van der Waals surface area contributed by atoms with Crippen LogP contribution in [-0.4, -0.2) is 44.6 Å². The fourth-order valence-electron chi connectivity index (χ4n) is 3.70. The monoisotopic (exact) mass is 363 g/mol. The van der Waals surface area contributed by atoms with E-state index in [-0.39, 0.29) is 5.91 Å². The average molecular weight is 364 g/mol. The minimum Gasteiger partial charge on any atom is -0.390 e. The zero-order valence-electron chi connectivity index (χ0n) is 14.9. The molecule has 6 heteroatoms. The minimum absolute atomic E-state index is 0.0204. The Bertz CT molecular complexity index is 746. The second-order valence-electron chi connectivity index (χ2n) is 7.15. The van der Waals surface area contributed by atoms with Crippen LogP contribution in [-0.2, 0) is 0 Å². The molecule has 0 unspecified atom stereocenters. The molecule has 25 heavy (non-hydrogen) atoms. The third kappa shape index (κ3) is 3.98. The molecule has 0 saturated carbocycles. The van der Waals surface area contributed by atoms with Crippen LogP contribution in [0.25, 0.3) is 10.9 Å². The van der Waals surface area contributed by atoms with Crippen LogP contribution >= 0.6 is 11.6 Å². The lowest BCUT2D eigenvalue weighted by Gasteiger charge is -2.36. The fourth-order valence-corrected chi connectivity index (χ4v) is 3.86. The Hall–Kier alpha value is -1.59. The number of aromatic amines is 1. The Balaban J connectivity index is 1.63. The number of carbonyl (C=O) groups is 1. The van der Waals surface area contributed by atoms with Crippen molar-refractivity contribution in [1.29, 1.82) is 0 Å². The molecule has 0 atom stereocenters. The van der Waals surface area contributed by atoms with E-state index in [1.165, 1.54) is 0 Å². The van der Waals surface area contributed by atoms with E-state index >= 15 is 0 Å². The van der Waals surface area contributed by atoms with E-state index in [2.05, 4.69) is 9.97 Å². The number of aliphatic hydroxyl groups is 1. The van der Waals surface area contributed by atoms with Crippen LogP contribution in [0, 0.1) is 5.92 Å². The van der Waals surface area contributed by atoms with Crippen molar-refractivity contribution >= 4 is 28.4 Å². The summed E-state index contributed by atoms with van der Waals surface area (Å²) in [5, 5.41) is 11.8. The molecule has 5 nitrogen and oxygen atoms in total. The van der Waals surface area contributed by atoms with Crippen LogP contribution in [0.15, 0.2) is 18.3 Å². The molecule has 1 saturated heterocycles. The van der Waals surface area contributed by atoms with Crippen molar-refractivity contribution in [3.8, 4) is 0 Å². The van der Waals surface area contributed by atoms with Gasteiger partial charge in [0.05, 0.1) is 11.1 Å². The molecule has 0 bridgehead atoms. The number of carbonyl (C=O) groups excluding carboxylic acids is 1. The number of nitrogens with zero attached hydrogens (tertiary/aromatic N) is 2. The van der Waals surface area contributed by atoms with E-state index in [0.717, 1.165) is 56.1 Å². The molecular formula is C19H26ClN3O2. The number of hydrogen-bond acceptors (Lipinski definition) is 3. The number of likely N-dealkylation sites (tertiary alicyclic amines) is 1.